The third-order valence-electron chi connectivity index (χ3n) is 12.3. The van der Waals surface area contributed by atoms with E-state index in [1.807, 2.05) is 4.90 Å². The number of primary amides is 1. The Morgan fingerprint density at radius 1 is 0.964 bits per heavy atom. The van der Waals surface area contributed by atoms with Crippen molar-refractivity contribution in [1.29, 1.82) is 0 Å². The number of carbonyl (C=O) groups is 6. The maximum atomic E-state index is 14.3. The van der Waals surface area contributed by atoms with Gasteiger partial charge in [0.25, 0.3) is 11.8 Å². The Hall–Kier alpha value is -3.98. The summed E-state index contributed by atoms with van der Waals surface area (Å²) < 4.78 is 28.6. The van der Waals surface area contributed by atoms with E-state index in [-0.39, 0.29) is 73.0 Å². The van der Waals surface area contributed by atoms with Crippen LogP contribution in [-0.2, 0) is 29.9 Å². The molecule has 3 aliphatic heterocycles. The van der Waals surface area contributed by atoms with E-state index in [1.165, 1.54) is 29.2 Å². The van der Waals surface area contributed by atoms with E-state index >= 15 is 0 Å². The van der Waals surface area contributed by atoms with Crippen molar-refractivity contribution in [1.82, 2.24) is 20.4 Å². The molecule has 4 aliphatic rings. The lowest BCUT2D eigenvalue weighted by Gasteiger charge is -2.37. The van der Waals surface area contributed by atoms with Crippen molar-refractivity contribution in [3.05, 3.63) is 34.7 Å². The van der Waals surface area contributed by atoms with Crippen LogP contribution in [-0.4, -0.2) is 93.6 Å². The van der Waals surface area contributed by atoms with Crippen molar-refractivity contribution in [2.45, 2.75) is 146 Å². The predicted molar refractivity (Wildman–Crippen MR) is 207 cm³/mol. The van der Waals surface area contributed by atoms with Gasteiger partial charge >= 0.3 is 0 Å². The number of alkyl halides is 2. The molecule has 0 unspecified atom stereocenters. The topological polar surface area (TPSA) is 179 Å². The highest BCUT2D eigenvalue weighted by atomic mass is 32.1. The van der Waals surface area contributed by atoms with Gasteiger partial charge in [0.15, 0.2) is 5.78 Å². The number of amides is 5. The van der Waals surface area contributed by atoms with Gasteiger partial charge in [-0.15, -0.1) is 11.3 Å². The first-order valence-electron chi connectivity index (χ1n) is 20.3. The number of likely N-dealkylation sites (tertiary alicyclic amines) is 1. The number of thiophene rings is 1. The van der Waals surface area contributed by atoms with Crippen molar-refractivity contribution in [3.63, 3.8) is 0 Å². The molecule has 6 atom stereocenters. The van der Waals surface area contributed by atoms with Crippen LogP contribution in [0.25, 0.3) is 10.1 Å². The number of benzene rings is 1. The average Bonchev–Trinajstić information content (AvgIpc) is 3.80. The highest BCUT2D eigenvalue weighted by Gasteiger charge is 2.46. The van der Waals surface area contributed by atoms with Gasteiger partial charge in [-0.3, -0.25) is 28.8 Å². The largest absolute Gasteiger partial charge is 0.393 e. The van der Waals surface area contributed by atoms with Gasteiger partial charge in [0, 0.05) is 55.1 Å². The number of nitrogens with two attached hydrogens (primary N) is 1. The van der Waals surface area contributed by atoms with Crippen molar-refractivity contribution < 1.29 is 42.7 Å². The highest BCUT2D eigenvalue weighted by Crippen LogP contribution is 2.36. The standard InChI is InChI=1S/C41H55F2N5O7S/c1-41(42,43)26-10-16-34-25(20-26)21-35(56-34)38(53)46-31-13-12-28(49)22-27-11-15-32(48(27)40(31)55)37(52)45-30(14-17-36(44)51)33(50)23-29(24-8-4-2-5-9-24)39(54)47-18-6-3-7-19-47/h10,16,20-21,24,27-32,49H,2-9,11-15,17-19,22-23H2,1H3,(H2,44,51)(H,45,52)(H,46,53)/t27-,28+,29+,30+,31+,32+/m1/s1. The number of hydrogen-bond acceptors (Lipinski definition) is 8. The number of fused-ring (bicyclic) bond motifs is 2. The number of rotatable bonds is 13. The van der Waals surface area contributed by atoms with E-state index in [4.69, 9.17) is 5.73 Å². The normalized spacial score (nSPS) is 24.8. The number of Topliss-reactive ketones (excluding diaryl/α,β-unsaturated/α-hetero) is 1. The van der Waals surface area contributed by atoms with E-state index in [0.717, 1.165) is 69.6 Å². The molecular formula is C41H55F2N5O7S. The second kappa shape index (κ2) is 18.1. The molecule has 1 aromatic carbocycles. The van der Waals surface area contributed by atoms with Gasteiger partial charge < -0.3 is 31.3 Å². The number of nitrogens with zero attached hydrogens (tertiary/aromatic N) is 2. The van der Waals surface area contributed by atoms with E-state index in [0.29, 0.717) is 29.6 Å². The fourth-order valence-corrected chi connectivity index (χ4v) is 10.1. The molecule has 2 aromatic rings. The molecule has 15 heteroatoms. The Morgan fingerprint density at radius 2 is 1.68 bits per heavy atom. The first kappa shape index (κ1) is 41.6. The van der Waals surface area contributed by atoms with Gasteiger partial charge in [0.05, 0.1) is 17.0 Å². The molecule has 5 amide bonds. The summed E-state index contributed by atoms with van der Waals surface area (Å²) in [6.07, 6.45) is 7.81. The number of hydrogen-bond donors (Lipinski definition) is 4. The van der Waals surface area contributed by atoms with Crippen LogP contribution >= 0.6 is 11.3 Å². The van der Waals surface area contributed by atoms with Gasteiger partial charge in [-0.25, -0.2) is 8.78 Å². The SMILES string of the molecule is CC(F)(F)c1ccc2sc(C(=O)N[C@H]3CC[C@H](O)C[C@H]4CC[C@@H](C(=O)N[C@@H](CCC(N)=O)C(=O)C[C@H](C(=O)N5CCCCC5)C5CCCCC5)N4C3=O)cc2c1. The lowest BCUT2D eigenvalue weighted by molar-refractivity contribution is -0.145. The minimum Gasteiger partial charge on any atom is -0.393 e. The Morgan fingerprint density at radius 3 is 2.38 bits per heavy atom. The van der Waals surface area contributed by atoms with E-state index in [1.54, 1.807) is 0 Å². The summed E-state index contributed by atoms with van der Waals surface area (Å²) in [5, 5.41) is 17.0. The highest BCUT2D eigenvalue weighted by molar-refractivity contribution is 7.20. The zero-order valence-electron chi connectivity index (χ0n) is 32.1. The van der Waals surface area contributed by atoms with Gasteiger partial charge in [-0.1, -0.05) is 25.3 Å². The molecule has 1 aromatic heterocycles. The molecule has 4 heterocycles. The van der Waals surface area contributed by atoms with Crippen molar-refractivity contribution >= 4 is 56.7 Å². The zero-order chi connectivity index (χ0) is 40.1. The maximum Gasteiger partial charge on any atom is 0.270 e. The first-order chi connectivity index (χ1) is 26.7. The molecule has 3 saturated heterocycles. The quantitative estimate of drug-likeness (QED) is 0.222. The molecule has 1 aliphatic carbocycles. The first-order valence-corrected chi connectivity index (χ1v) is 21.1. The number of aliphatic hydroxyl groups excluding tert-OH is 1. The fraction of sp³-hybridized carbons (Fsp3) is 0.659. The summed E-state index contributed by atoms with van der Waals surface area (Å²) >= 11 is 1.10. The number of aliphatic hydroxyl groups is 1. The van der Waals surface area contributed by atoms with Crippen LogP contribution < -0.4 is 16.4 Å². The minimum absolute atomic E-state index is 0.0238. The Kier molecular flexibility index (Phi) is 13.4. The van der Waals surface area contributed by atoms with E-state index in [2.05, 4.69) is 10.6 Å². The Labute approximate surface area is 330 Å². The van der Waals surface area contributed by atoms with Gasteiger partial charge in [-0.05, 0) is 100 Å². The Bertz CT molecular complexity index is 1790. The number of piperidine rings is 1. The van der Waals surface area contributed by atoms with Crippen LogP contribution in [0.1, 0.15) is 125 Å². The third kappa shape index (κ3) is 9.93. The second-order valence-electron chi connectivity index (χ2n) is 16.4. The summed E-state index contributed by atoms with van der Waals surface area (Å²) in [4.78, 5) is 85.4. The zero-order valence-corrected chi connectivity index (χ0v) is 32.9. The van der Waals surface area contributed by atoms with Crippen LogP contribution in [0, 0.1) is 11.8 Å². The van der Waals surface area contributed by atoms with Crippen LogP contribution in [0.2, 0.25) is 0 Å². The number of nitrogens with one attached hydrogen (secondary N) is 2. The van der Waals surface area contributed by atoms with Crippen LogP contribution in [0.3, 0.4) is 0 Å². The number of carbonyl (C=O) groups excluding carboxylic acids is 6. The summed E-state index contributed by atoms with van der Waals surface area (Å²) in [5.41, 5.74) is 5.30. The molecule has 306 valence electrons. The van der Waals surface area contributed by atoms with E-state index < -0.39 is 65.7 Å². The average molecular weight is 800 g/mol. The molecule has 0 bridgehead atoms. The van der Waals surface area contributed by atoms with Crippen LogP contribution in [0.15, 0.2) is 24.3 Å². The summed E-state index contributed by atoms with van der Waals surface area (Å²) in [7, 11) is 0. The molecule has 12 nitrogen and oxygen atoms in total. The van der Waals surface area contributed by atoms with Crippen molar-refractivity contribution in [2.75, 3.05) is 13.1 Å². The van der Waals surface area contributed by atoms with Gasteiger partial charge in [0.2, 0.25) is 23.6 Å². The maximum absolute atomic E-state index is 14.3. The third-order valence-corrected chi connectivity index (χ3v) is 13.4. The smallest absolute Gasteiger partial charge is 0.270 e. The van der Waals surface area contributed by atoms with Crippen LogP contribution in [0.4, 0.5) is 8.78 Å². The minimum atomic E-state index is -3.06. The van der Waals surface area contributed by atoms with Crippen molar-refractivity contribution in [3.8, 4) is 0 Å². The molecule has 56 heavy (non-hydrogen) atoms. The molecular weight excluding hydrogens is 745 g/mol. The summed E-state index contributed by atoms with van der Waals surface area (Å²) in [5.74, 6) is -6.21. The van der Waals surface area contributed by atoms with Gasteiger partial charge in [0.1, 0.15) is 12.1 Å². The molecule has 6 rings (SSSR count). The molecule has 0 spiro atoms. The molecule has 1 saturated carbocycles. The Balaban J connectivity index is 1.18. The number of halogens is 2. The van der Waals surface area contributed by atoms with Gasteiger partial charge in [-0.2, -0.15) is 0 Å². The lowest BCUT2D eigenvalue weighted by Crippen LogP contribution is -2.58. The molecule has 0 radical (unpaired) electrons. The van der Waals surface area contributed by atoms with Crippen molar-refractivity contribution in [2.24, 2.45) is 17.6 Å². The van der Waals surface area contributed by atoms with E-state index in [9.17, 15) is 42.7 Å². The van der Waals surface area contributed by atoms with Crippen LogP contribution in [0.5, 0.6) is 0 Å². The number of ketones is 1. The molecule has 5 N–H and O–H groups in total. The predicted octanol–water partition coefficient (Wildman–Crippen LogP) is 4.93. The summed E-state index contributed by atoms with van der Waals surface area (Å²) in [6, 6.07) is 1.98. The molecule has 4 fully saturated rings. The second-order valence-corrected chi connectivity index (χ2v) is 17.4. The summed E-state index contributed by atoms with van der Waals surface area (Å²) in [6.45, 7) is 2.12. The monoisotopic (exact) mass is 799 g/mol. The lowest BCUT2D eigenvalue weighted by atomic mass is 9.76. The fourth-order valence-electron chi connectivity index (χ4n) is 9.16.